The molecule has 1 saturated carbocycles. The number of rotatable bonds is 4. The fraction of sp³-hybridized carbons (Fsp3) is 0.429. The molecule has 0 aliphatic heterocycles. The van der Waals surface area contributed by atoms with E-state index in [2.05, 4.69) is 40.6 Å². The highest BCUT2D eigenvalue weighted by molar-refractivity contribution is 5.83. The van der Waals surface area contributed by atoms with E-state index >= 15 is 0 Å². The van der Waals surface area contributed by atoms with E-state index in [-0.39, 0.29) is 0 Å². The minimum Gasteiger partial charge on any atom is -0.372 e. The number of nitrogens with one attached hydrogen (secondary N) is 2. The first kappa shape index (κ1) is 9.76. The van der Waals surface area contributed by atoms with Gasteiger partial charge in [0.2, 0.25) is 0 Å². The lowest BCUT2D eigenvalue weighted by molar-refractivity contribution is 0.303. The molecule has 1 aromatic carbocycles. The van der Waals surface area contributed by atoms with Crippen LogP contribution in [0, 0.1) is 5.92 Å². The number of anilines is 1. The maximum atomic E-state index is 3.48. The van der Waals surface area contributed by atoms with Crippen LogP contribution in [-0.2, 0) is 0 Å². The van der Waals surface area contributed by atoms with Crippen LogP contribution in [0.5, 0.6) is 0 Å². The SMILES string of the molecule is c1ccc2[nH]c(NCCC3CCC3)cc2c1. The summed E-state index contributed by atoms with van der Waals surface area (Å²) < 4.78 is 0. The zero-order chi connectivity index (χ0) is 10.8. The van der Waals surface area contributed by atoms with E-state index in [9.17, 15) is 0 Å². The van der Waals surface area contributed by atoms with Crippen molar-refractivity contribution in [3.8, 4) is 0 Å². The van der Waals surface area contributed by atoms with Gasteiger partial charge in [-0.05, 0) is 24.5 Å². The van der Waals surface area contributed by atoms with Crippen LogP contribution in [0.3, 0.4) is 0 Å². The molecule has 1 aromatic heterocycles. The van der Waals surface area contributed by atoms with Gasteiger partial charge in [0.05, 0.1) is 0 Å². The van der Waals surface area contributed by atoms with Crippen LogP contribution in [0.1, 0.15) is 25.7 Å². The number of aromatic nitrogens is 1. The van der Waals surface area contributed by atoms with Gasteiger partial charge in [0.1, 0.15) is 5.82 Å². The van der Waals surface area contributed by atoms with E-state index in [0.29, 0.717) is 0 Å². The monoisotopic (exact) mass is 214 g/mol. The first-order valence-electron chi connectivity index (χ1n) is 6.23. The molecule has 0 amide bonds. The molecule has 3 rings (SSSR count). The van der Waals surface area contributed by atoms with Crippen LogP contribution in [0.15, 0.2) is 30.3 Å². The summed E-state index contributed by atoms with van der Waals surface area (Å²) in [7, 11) is 0. The maximum absolute atomic E-state index is 3.48. The molecular weight excluding hydrogens is 196 g/mol. The standard InChI is InChI=1S/C14H18N2/c1-2-7-13-12(6-1)10-14(16-13)15-9-8-11-4-3-5-11/h1-2,6-7,10-11,15-16H,3-5,8-9H2. The molecular formula is C14H18N2. The average molecular weight is 214 g/mol. The summed E-state index contributed by atoms with van der Waals surface area (Å²) in [4.78, 5) is 3.39. The molecule has 0 bridgehead atoms. The van der Waals surface area contributed by atoms with E-state index in [1.165, 1.54) is 36.6 Å². The molecule has 2 nitrogen and oxygen atoms in total. The Morgan fingerprint density at radius 2 is 2.12 bits per heavy atom. The van der Waals surface area contributed by atoms with Crippen LogP contribution < -0.4 is 5.32 Å². The van der Waals surface area contributed by atoms with Crippen LogP contribution in [0.4, 0.5) is 5.82 Å². The van der Waals surface area contributed by atoms with Crippen molar-refractivity contribution in [3.05, 3.63) is 30.3 Å². The molecule has 1 heterocycles. The van der Waals surface area contributed by atoms with Crippen LogP contribution >= 0.6 is 0 Å². The summed E-state index contributed by atoms with van der Waals surface area (Å²) >= 11 is 0. The van der Waals surface area contributed by atoms with Gasteiger partial charge in [-0.1, -0.05) is 37.5 Å². The number of H-pyrrole nitrogens is 1. The topological polar surface area (TPSA) is 27.8 Å². The van der Waals surface area contributed by atoms with Gasteiger partial charge in [-0.25, -0.2) is 0 Å². The van der Waals surface area contributed by atoms with Gasteiger partial charge in [-0.3, -0.25) is 0 Å². The van der Waals surface area contributed by atoms with Crippen molar-refractivity contribution < 1.29 is 0 Å². The molecule has 0 radical (unpaired) electrons. The zero-order valence-corrected chi connectivity index (χ0v) is 9.50. The number of hydrogen-bond donors (Lipinski definition) is 2. The Labute approximate surface area is 96.1 Å². The van der Waals surface area contributed by atoms with Gasteiger partial charge < -0.3 is 10.3 Å². The molecule has 2 heteroatoms. The average Bonchev–Trinajstić information content (AvgIpc) is 2.64. The van der Waals surface area contributed by atoms with E-state index in [4.69, 9.17) is 0 Å². The second kappa shape index (κ2) is 4.20. The predicted molar refractivity (Wildman–Crippen MR) is 68.7 cm³/mol. The Morgan fingerprint density at radius 1 is 1.25 bits per heavy atom. The molecule has 0 atom stereocenters. The van der Waals surface area contributed by atoms with Crippen molar-refractivity contribution >= 4 is 16.7 Å². The van der Waals surface area contributed by atoms with Gasteiger partial charge in [-0.15, -0.1) is 0 Å². The van der Waals surface area contributed by atoms with Crippen molar-refractivity contribution in [1.29, 1.82) is 0 Å². The van der Waals surface area contributed by atoms with Gasteiger partial charge in [0.15, 0.2) is 0 Å². The maximum Gasteiger partial charge on any atom is 0.104 e. The molecule has 84 valence electrons. The zero-order valence-electron chi connectivity index (χ0n) is 9.50. The van der Waals surface area contributed by atoms with Crippen LogP contribution in [0.25, 0.3) is 10.9 Å². The third kappa shape index (κ3) is 1.92. The van der Waals surface area contributed by atoms with Crippen molar-refractivity contribution in [2.75, 3.05) is 11.9 Å². The lowest BCUT2D eigenvalue weighted by atomic mass is 9.83. The summed E-state index contributed by atoms with van der Waals surface area (Å²) in [5, 5.41) is 4.76. The van der Waals surface area contributed by atoms with Crippen molar-refractivity contribution in [1.82, 2.24) is 4.98 Å². The third-order valence-electron chi connectivity index (χ3n) is 3.62. The Hall–Kier alpha value is -1.44. The van der Waals surface area contributed by atoms with Gasteiger partial charge in [0.25, 0.3) is 0 Å². The summed E-state index contributed by atoms with van der Waals surface area (Å²) in [6.07, 6.45) is 5.63. The van der Waals surface area contributed by atoms with Crippen LogP contribution in [0.2, 0.25) is 0 Å². The second-order valence-corrected chi connectivity index (χ2v) is 4.78. The highest BCUT2D eigenvalue weighted by atomic mass is 15.0. The molecule has 1 aliphatic carbocycles. The number of para-hydroxylation sites is 1. The summed E-state index contributed by atoms with van der Waals surface area (Å²) in [6, 6.07) is 10.6. The largest absolute Gasteiger partial charge is 0.372 e. The highest BCUT2D eigenvalue weighted by Gasteiger charge is 2.16. The van der Waals surface area contributed by atoms with E-state index in [1.54, 1.807) is 0 Å². The Balaban J connectivity index is 1.60. The lowest BCUT2D eigenvalue weighted by Gasteiger charge is -2.25. The summed E-state index contributed by atoms with van der Waals surface area (Å²) in [5.41, 5.74) is 1.22. The number of fused-ring (bicyclic) bond motifs is 1. The number of aromatic amines is 1. The first-order chi connectivity index (χ1) is 7.92. The summed E-state index contributed by atoms with van der Waals surface area (Å²) in [6.45, 7) is 1.09. The lowest BCUT2D eigenvalue weighted by Crippen LogP contribution is -2.15. The normalized spacial score (nSPS) is 16.2. The van der Waals surface area contributed by atoms with E-state index < -0.39 is 0 Å². The van der Waals surface area contributed by atoms with Crippen molar-refractivity contribution in [2.24, 2.45) is 5.92 Å². The molecule has 1 aliphatic rings. The Bertz CT molecular complexity index is 435. The van der Waals surface area contributed by atoms with Crippen molar-refractivity contribution in [2.45, 2.75) is 25.7 Å². The van der Waals surface area contributed by atoms with Gasteiger partial charge in [-0.2, -0.15) is 0 Å². The van der Waals surface area contributed by atoms with Crippen molar-refractivity contribution in [3.63, 3.8) is 0 Å². The van der Waals surface area contributed by atoms with E-state index in [0.717, 1.165) is 18.3 Å². The quantitative estimate of drug-likeness (QED) is 0.796. The summed E-state index contributed by atoms with van der Waals surface area (Å²) in [5.74, 6) is 2.14. The van der Waals surface area contributed by atoms with Gasteiger partial charge in [0, 0.05) is 17.4 Å². The minimum atomic E-state index is 0.983. The first-order valence-corrected chi connectivity index (χ1v) is 6.23. The predicted octanol–water partition coefficient (Wildman–Crippen LogP) is 3.77. The third-order valence-corrected chi connectivity index (χ3v) is 3.62. The molecule has 0 spiro atoms. The Kier molecular flexibility index (Phi) is 2.56. The molecule has 1 fully saturated rings. The smallest absolute Gasteiger partial charge is 0.104 e. The fourth-order valence-electron chi connectivity index (χ4n) is 2.36. The molecule has 0 saturated heterocycles. The van der Waals surface area contributed by atoms with E-state index in [1.807, 2.05) is 0 Å². The number of hydrogen-bond acceptors (Lipinski definition) is 1. The molecule has 2 aromatic rings. The molecule has 0 unspecified atom stereocenters. The second-order valence-electron chi connectivity index (χ2n) is 4.78. The minimum absolute atomic E-state index is 0.983. The number of benzene rings is 1. The Morgan fingerprint density at radius 3 is 2.88 bits per heavy atom. The molecule has 2 N–H and O–H groups in total. The molecule has 16 heavy (non-hydrogen) atoms. The fourth-order valence-corrected chi connectivity index (χ4v) is 2.36. The van der Waals surface area contributed by atoms with Gasteiger partial charge >= 0.3 is 0 Å². The van der Waals surface area contributed by atoms with Crippen LogP contribution in [-0.4, -0.2) is 11.5 Å². The highest BCUT2D eigenvalue weighted by Crippen LogP contribution is 2.29.